The first-order chi connectivity index (χ1) is 10.1. The Morgan fingerprint density at radius 3 is 2.81 bits per heavy atom. The van der Waals surface area contributed by atoms with Gasteiger partial charge in [0, 0.05) is 19.8 Å². The Balaban J connectivity index is 1.83. The third-order valence-corrected chi connectivity index (χ3v) is 5.09. The number of hydrogen-bond donors (Lipinski definition) is 2. The minimum Gasteiger partial charge on any atom is -0.377 e. The minimum atomic E-state index is -3.56. The first kappa shape index (κ1) is 16.2. The van der Waals surface area contributed by atoms with Crippen LogP contribution in [-0.4, -0.2) is 39.7 Å². The Bertz CT molecular complexity index is 542. The highest BCUT2D eigenvalue weighted by Crippen LogP contribution is 2.20. The molecule has 0 spiro atoms. The topological polar surface area (TPSA) is 80.3 Å². The zero-order chi connectivity index (χ0) is 15.1. The van der Waals surface area contributed by atoms with Crippen LogP contribution >= 0.6 is 0 Å². The van der Waals surface area contributed by atoms with E-state index in [-0.39, 0.29) is 17.5 Å². The summed E-state index contributed by atoms with van der Waals surface area (Å²) in [6.45, 7) is 0.677. The molecule has 1 fully saturated rings. The van der Waals surface area contributed by atoms with E-state index in [1.807, 2.05) is 0 Å². The summed E-state index contributed by atoms with van der Waals surface area (Å²) in [7, 11) is -1.91. The molecule has 1 aliphatic rings. The highest BCUT2D eigenvalue weighted by molar-refractivity contribution is 7.89. The van der Waals surface area contributed by atoms with Crippen LogP contribution < -0.4 is 10.0 Å². The molecule has 1 aromatic rings. The summed E-state index contributed by atoms with van der Waals surface area (Å²) in [5, 5.41) is 2.78. The molecule has 0 radical (unpaired) electrons. The van der Waals surface area contributed by atoms with Crippen molar-refractivity contribution in [3.05, 3.63) is 18.3 Å². The van der Waals surface area contributed by atoms with Gasteiger partial charge in [0.25, 0.3) is 0 Å². The first-order valence-corrected chi connectivity index (χ1v) is 8.86. The van der Waals surface area contributed by atoms with E-state index in [9.17, 15) is 8.42 Å². The van der Waals surface area contributed by atoms with E-state index in [0.717, 1.165) is 12.8 Å². The summed E-state index contributed by atoms with van der Waals surface area (Å²) in [5.74, 6) is 0.346. The van der Waals surface area contributed by atoms with Crippen LogP contribution in [-0.2, 0) is 14.8 Å². The summed E-state index contributed by atoms with van der Waals surface area (Å²) in [4.78, 5) is 4.16. The van der Waals surface area contributed by atoms with E-state index < -0.39 is 10.0 Å². The zero-order valence-corrected chi connectivity index (χ0v) is 13.2. The van der Waals surface area contributed by atoms with Crippen molar-refractivity contribution >= 4 is 15.8 Å². The van der Waals surface area contributed by atoms with Crippen molar-refractivity contribution < 1.29 is 13.2 Å². The van der Waals surface area contributed by atoms with E-state index in [0.29, 0.717) is 12.4 Å². The molecule has 2 rings (SSSR count). The molecule has 1 aromatic heterocycles. The summed E-state index contributed by atoms with van der Waals surface area (Å²) >= 11 is 0. The van der Waals surface area contributed by atoms with Gasteiger partial charge in [-0.05, 0) is 25.0 Å². The molecule has 1 saturated carbocycles. The van der Waals surface area contributed by atoms with Gasteiger partial charge in [0.15, 0.2) is 0 Å². The Morgan fingerprint density at radius 2 is 2.10 bits per heavy atom. The van der Waals surface area contributed by atoms with E-state index in [2.05, 4.69) is 15.0 Å². The monoisotopic (exact) mass is 313 g/mol. The van der Waals surface area contributed by atoms with Crippen LogP contribution in [0.15, 0.2) is 23.2 Å². The molecule has 0 aliphatic heterocycles. The van der Waals surface area contributed by atoms with Crippen molar-refractivity contribution in [2.24, 2.45) is 0 Å². The molecule has 0 amide bonds. The van der Waals surface area contributed by atoms with Gasteiger partial charge in [0.05, 0.1) is 12.7 Å². The Labute approximate surface area is 126 Å². The van der Waals surface area contributed by atoms with Crippen LogP contribution in [0.3, 0.4) is 0 Å². The van der Waals surface area contributed by atoms with Gasteiger partial charge in [0.1, 0.15) is 10.7 Å². The lowest BCUT2D eigenvalue weighted by molar-refractivity contribution is 0.0321. The normalized spacial score (nSPS) is 16.8. The summed E-state index contributed by atoms with van der Waals surface area (Å²) in [6, 6.07) is 3.14. The Kier molecular flexibility index (Phi) is 5.96. The van der Waals surface area contributed by atoms with Crippen molar-refractivity contribution in [2.45, 2.75) is 43.1 Å². The van der Waals surface area contributed by atoms with Crippen molar-refractivity contribution in [3.63, 3.8) is 0 Å². The van der Waals surface area contributed by atoms with Gasteiger partial charge in [0.2, 0.25) is 10.0 Å². The maximum atomic E-state index is 12.2. The van der Waals surface area contributed by atoms with E-state index in [4.69, 9.17) is 4.74 Å². The van der Waals surface area contributed by atoms with Crippen molar-refractivity contribution in [1.82, 2.24) is 9.71 Å². The molecule has 6 nitrogen and oxygen atoms in total. The molecule has 1 aliphatic carbocycles. The first-order valence-electron chi connectivity index (χ1n) is 7.37. The molecule has 118 valence electrons. The number of hydrogen-bond acceptors (Lipinski definition) is 5. The van der Waals surface area contributed by atoms with E-state index in [1.165, 1.54) is 25.3 Å². The standard InChI is InChI=1S/C14H23N3O3S/c1-15-14-13(8-5-9-16-14)21(18,19)17-10-11-20-12-6-3-2-4-7-12/h5,8-9,12,17H,2-4,6-7,10-11H2,1H3,(H,15,16). The maximum absolute atomic E-state index is 12.2. The smallest absolute Gasteiger partial charge is 0.244 e. The Hall–Kier alpha value is -1.18. The van der Waals surface area contributed by atoms with Crippen LogP contribution in [0.25, 0.3) is 0 Å². The van der Waals surface area contributed by atoms with Crippen LogP contribution in [0.4, 0.5) is 5.82 Å². The average molecular weight is 313 g/mol. The lowest BCUT2D eigenvalue weighted by Gasteiger charge is -2.22. The number of nitrogens with one attached hydrogen (secondary N) is 2. The summed E-state index contributed by atoms with van der Waals surface area (Å²) in [5.41, 5.74) is 0. The highest BCUT2D eigenvalue weighted by atomic mass is 32.2. The largest absolute Gasteiger partial charge is 0.377 e. The van der Waals surface area contributed by atoms with Gasteiger partial charge < -0.3 is 10.1 Å². The third kappa shape index (κ3) is 4.66. The summed E-state index contributed by atoms with van der Waals surface area (Å²) < 4.78 is 32.7. The van der Waals surface area contributed by atoms with Crippen LogP contribution in [0.5, 0.6) is 0 Å². The van der Waals surface area contributed by atoms with E-state index in [1.54, 1.807) is 19.3 Å². The second-order valence-corrected chi connectivity index (χ2v) is 6.86. The number of nitrogens with zero attached hydrogens (tertiary/aromatic N) is 1. The molecular formula is C14H23N3O3S. The van der Waals surface area contributed by atoms with Crippen molar-refractivity contribution in [1.29, 1.82) is 0 Å². The SMILES string of the molecule is CNc1ncccc1S(=O)(=O)NCCOC1CCCCC1. The van der Waals surface area contributed by atoms with Gasteiger partial charge in [-0.3, -0.25) is 0 Å². The lowest BCUT2D eigenvalue weighted by Crippen LogP contribution is -2.30. The number of pyridine rings is 1. The predicted octanol–water partition coefficient (Wildman–Crippen LogP) is 1.75. The zero-order valence-electron chi connectivity index (χ0n) is 12.3. The molecule has 21 heavy (non-hydrogen) atoms. The van der Waals surface area contributed by atoms with Crippen LogP contribution in [0.1, 0.15) is 32.1 Å². The number of sulfonamides is 1. The second kappa shape index (κ2) is 7.72. The van der Waals surface area contributed by atoms with Crippen molar-refractivity contribution in [3.8, 4) is 0 Å². The number of rotatable bonds is 7. The molecular weight excluding hydrogens is 290 g/mol. The van der Waals surface area contributed by atoms with Gasteiger partial charge in [-0.25, -0.2) is 18.1 Å². The third-order valence-electron chi connectivity index (χ3n) is 3.60. The molecule has 0 unspecified atom stereocenters. The maximum Gasteiger partial charge on any atom is 0.244 e. The number of anilines is 1. The fourth-order valence-electron chi connectivity index (χ4n) is 2.51. The van der Waals surface area contributed by atoms with Gasteiger partial charge >= 0.3 is 0 Å². The molecule has 2 N–H and O–H groups in total. The average Bonchev–Trinajstić information content (AvgIpc) is 2.52. The molecule has 0 bridgehead atoms. The van der Waals surface area contributed by atoms with Crippen LogP contribution in [0.2, 0.25) is 0 Å². The highest BCUT2D eigenvalue weighted by Gasteiger charge is 2.19. The Morgan fingerprint density at radius 1 is 1.33 bits per heavy atom. The molecule has 0 atom stereocenters. The predicted molar refractivity (Wildman–Crippen MR) is 81.8 cm³/mol. The van der Waals surface area contributed by atoms with Crippen molar-refractivity contribution in [2.75, 3.05) is 25.5 Å². The lowest BCUT2D eigenvalue weighted by atomic mass is 9.98. The fraction of sp³-hybridized carbons (Fsp3) is 0.643. The molecule has 1 heterocycles. The summed E-state index contributed by atoms with van der Waals surface area (Å²) in [6.07, 6.45) is 7.69. The fourth-order valence-corrected chi connectivity index (χ4v) is 3.68. The van der Waals surface area contributed by atoms with Crippen LogP contribution in [0, 0.1) is 0 Å². The quantitative estimate of drug-likeness (QED) is 0.750. The molecule has 0 saturated heterocycles. The molecule has 0 aromatic carbocycles. The second-order valence-electron chi connectivity index (χ2n) is 5.13. The van der Waals surface area contributed by atoms with Gasteiger partial charge in [-0.2, -0.15) is 0 Å². The molecule has 7 heteroatoms. The van der Waals surface area contributed by atoms with Gasteiger partial charge in [-0.1, -0.05) is 19.3 Å². The van der Waals surface area contributed by atoms with Gasteiger partial charge in [-0.15, -0.1) is 0 Å². The minimum absolute atomic E-state index is 0.158. The number of aromatic nitrogens is 1. The number of ether oxygens (including phenoxy) is 1. The van der Waals surface area contributed by atoms with E-state index >= 15 is 0 Å².